The van der Waals surface area contributed by atoms with Crippen LogP contribution in [-0.4, -0.2) is 9.55 Å². The fourth-order valence-corrected chi connectivity index (χ4v) is 2.86. The van der Waals surface area contributed by atoms with Crippen LogP contribution in [0, 0.1) is 13.8 Å². The molecule has 0 atom stereocenters. The van der Waals surface area contributed by atoms with Crippen molar-refractivity contribution in [3.05, 3.63) is 74.2 Å². The Morgan fingerprint density at radius 1 is 1.14 bits per heavy atom. The van der Waals surface area contributed by atoms with Gasteiger partial charge in [0.05, 0.1) is 23.8 Å². The number of benzene rings is 2. The van der Waals surface area contributed by atoms with E-state index in [1.807, 2.05) is 24.3 Å². The standard InChI is InChI=1S/C17H15BrN2O/c1-11-4-3-5-12(2)15(11)9-20-10-19-16-8-13(18)6-7-14(16)17(20)21/h3-8,10H,9H2,1-2H3. The van der Waals surface area contributed by atoms with Crippen molar-refractivity contribution >= 4 is 26.8 Å². The quantitative estimate of drug-likeness (QED) is 0.709. The molecular formula is C17H15BrN2O. The van der Waals surface area contributed by atoms with E-state index in [1.165, 1.54) is 16.7 Å². The summed E-state index contributed by atoms with van der Waals surface area (Å²) in [6.07, 6.45) is 1.63. The molecule has 0 unspecified atom stereocenters. The average molecular weight is 343 g/mol. The van der Waals surface area contributed by atoms with Crippen molar-refractivity contribution in [2.24, 2.45) is 0 Å². The van der Waals surface area contributed by atoms with Crippen LogP contribution in [-0.2, 0) is 6.54 Å². The lowest BCUT2D eigenvalue weighted by atomic mass is 10.0. The molecule has 2 aromatic carbocycles. The zero-order valence-corrected chi connectivity index (χ0v) is 13.5. The minimum atomic E-state index is -0.00449. The summed E-state index contributed by atoms with van der Waals surface area (Å²) in [4.78, 5) is 17.0. The summed E-state index contributed by atoms with van der Waals surface area (Å²) in [7, 11) is 0. The molecule has 0 spiro atoms. The predicted octanol–water partition coefficient (Wildman–Crippen LogP) is 3.82. The van der Waals surface area contributed by atoms with E-state index in [0.29, 0.717) is 17.4 Å². The Labute approximate surface area is 131 Å². The summed E-state index contributed by atoms with van der Waals surface area (Å²) in [5, 5.41) is 0.645. The molecule has 0 aliphatic heterocycles. The highest BCUT2D eigenvalue weighted by atomic mass is 79.9. The highest BCUT2D eigenvalue weighted by Gasteiger charge is 2.08. The van der Waals surface area contributed by atoms with Crippen LogP contribution >= 0.6 is 15.9 Å². The van der Waals surface area contributed by atoms with E-state index in [9.17, 15) is 4.79 Å². The molecule has 21 heavy (non-hydrogen) atoms. The lowest BCUT2D eigenvalue weighted by molar-refractivity contribution is 0.740. The number of fused-ring (bicyclic) bond motifs is 1. The molecule has 106 valence electrons. The number of aromatic nitrogens is 2. The van der Waals surface area contributed by atoms with E-state index in [4.69, 9.17) is 0 Å². The van der Waals surface area contributed by atoms with Crippen LogP contribution in [0.4, 0.5) is 0 Å². The Morgan fingerprint density at radius 3 is 2.57 bits per heavy atom. The van der Waals surface area contributed by atoms with Crippen LogP contribution in [0.1, 0.15) is 16.7 Å². The maximum atomic E-state index is 12.6. The zero-order chi connectivity index (χ0) is 15.0. The molecule has 0 saturated carbocycles. The molecule has 0 amide bonds. The van der Waals surface area contributed by atoms with Crippen LogP contribution in [0.5, 0.6) is 0 Å². The van der Waals surface area contributed by atoms with Crippen molar-refractivity contribution in [3.63, 3.8) is 0 Å². The summed E-state index contributed by atoms with van der Waals surface area (Å²) in [6, 6.07) is 11.7. The van der Waals surface area contributed by atoms with Gasteiger partial charge in [0.1, 0.15) is 0 Å². The maximum Gasteiger partial charge on any atom is 0.261 e. The molecule has 3 nitrogen and oxygen atoms in total. The Balaban J connectivity index is 2.12. The fourth-order valence-electron chi connectivity index (χ4n) is 2.51. The van der Waals surface area contributed by atoms with Gasteiger partial charge in [0, 0.05) is 4.47 Å². The molecule has 0 aliphatic rings. The van der Waals surface area contributed by atoms with Crippen molar-refractivity contribution in [2.45, 2.75) is 20.4 Å². The molecule has 0 N–H and O–H groups in total. The highest BCUT2D eigenvalue weighted by molar-refractivity contribution is 9.10. The number of rotatable bonds is 2. The molecule has 1 aromatic heterocycles. The summed E-state index contributed by atoms with van der Waals surface area (Å²) in [6.45, 7) is 4.69. The number of halogens is 1. The van der Waals surface area contributed by atoms with Crippen molar-refractivity contribution in [2.75, 3.05) is 0 Å². The molecule has 0 saturated heterocycles. The van der Waals surface area contributed by atoms with Gasteiger partial charge in [-0.25, -0.2) is 4.98 Å². The van der Waals surface area contributed by atoms with Crippen LogP contribution in [0.2, 0.25) is 0 Å². The minimum Gasteiger partial charge on any atom is -0.294 e. The number of nitrogens with zero attached hydrogens (tertiary/aromatic N) is 2. The first-order valence-electron chi connectivity index (χ1n) is 6.76. The van der Waals surface area contributed by atoms with Crippen molar-refractivity contribution in [1.29, 1.82) is 0 Å². The van der Waals surface area contributed by atoms with E-state index in [0.717, 1.165) is 4.47 Å². The van der Waals surface area contributed by atoms with Gasteiger partial charge in [0.25, 0.3) is 5.56 Å². The summed E-state index contributed by atoms with van der Waals surface area (Å²) < 4.78 is 2.60. The van der Waals surface area contributed by atoms with Crippen LogP contribution in [0.15, 0.2) is 52.0 Å². The van der Waals surface area contributed by atoms with Gasteiger partial charge >= 0.3 is 0 Å². The lowest BCUT2D eigenvalue weighted by Gasteiger charge is -2.12. The Morgan fingerprint density at radius 2 is 1.86 bits per heavy atom. The van der Waals surface area contributed by atoms with E-state index in [-0.39, 0.29) is 5.56 Å². The van der Waals surface area contributed by atoms with Gasteiger partial charge in [0.2, 0.25) is 0 Å². The maximum absolute atomic E-state index is 12.6. The molecule has 3 rings (SSSR count). The molecule has 0 bridgehead atoms. The molecular weight excluding hydrogens is 328 g/mol. The van der Waals surface area contributed by atoms with Crippen molar-refractivity contribution < 1.29 is 0 Å². The Hall–Kier alpha value is -1.94. The summed E-state index contributed by atoms with van der Waals surface area (Å²) in [5.41, 5.74) is 4.27. The van der Waals surface area contributed by atoms with E-state index in [1.54, 1.807) is 10.9 Å². The second kappa shape index (κ2) is 5.45. The number of hydrogen-bond acceptors (Lipinski definition) is 2. The monoisotopic (exact) mass is 342 g/mol. The molecule has 0 aliphatic carbocycles. The van der Waals surface area contributed by atoms with E-state index >= 15 is 0 Å². The SMILES string of the molecule is Cc1cccc(C)c1Cn1cnc2cc(Br)ccc2c1=O. The first-order chi connectivity index (χ1) is 10.1. The highest BCUT2D eigenvalue weighted by Crippen LogP contribution is 2.17. The predicted molar refractivity (Wildman–Crippen MR) is 88.7 cm³/mol. The van der Waals surface area contributed by atoms with Gasteiger partial charge < -0.3 is 0 Å². The third kappa shape index (κ3) is 2.63. The smallest absolute Gasteiger partial charge is 0.261 e. The second-order valence-corrected chi connectivity index (χ2v) is 6.13. The topological polar surface area (TPSA) is 34.9 Å². The normalized spacial score (nSPS) is 11.0. The first kappa shape index (κ1) is 14.0. The van der Waals surface area contributed by atoms with Gasteiger partial charge in [-0.3, -0.25) is 9.36 Å². The summed E-state index contributed by atoms with van der Waals surface area (Å²) in [5.74, 6) is 0. The van der Waals surface area contributed by atoms with Crippen molar-refractivity contribution in [1.82, 2.24) is 9.55 Å². The van der Waals surface area contributed by atoms with Crippen molar-refractivity contribution in [3.8, 4) is 0 Å². The summed E-state index contributed by atoms with van der Waals surface area (Å²) >= 11 is 3.40. The van der Waals surface area contributed by atoms with Gasteiger partial charge in [-0.2, -0.15) is 0 Å². The number of hydrogen-bond donors (Lipinski definition) is 0. The van der Waals surface area contributed by atoms with E-state index < -0.39 is 0 Å². The molecule has 3 aromatic rings. The molecule has 0 fully saturated rings. The second-order valence-electron chi connectivity index (χ2n) is 5.21. The van der Waals surface area contributed by atoms with Gasteiger partial charge in [-0.05, 0) is 48.7 Å². The van der Waals surface area contributed by atoms with Crippen LogP contribution in [0.3, 0.4) is 0 Å². The van der Waals surface area contributed by atoms with Gasteiger partial charge in [0.15, 0.2) is 0 Å². The molecule has 1 heterocycles. The van der Waals surface area contributed by atoms with Gasteiger partial charge in [-0.1, -0.05) is 34.1 Å². The Bertz CT molecular complexity index is 863. The van der Waals surface area contributed by atoms with Gasteiger partial charge in [-0.15, -0.1) is 0 Å². The minimum absolute atomic E-state index is 0.00449. The molecule has 4 heteroatoms. The first-order valence-corrected chi connectivity index (χ1v) is 7.55. The van der Waals surface area contributed by atoms with E-state index in [2.05, 4.69) is 46.9 Å². The lowest BCUT2D eigenvalue weighted by Crippen LogP contribution is -2.22. The third-order valence-corrected chi connectivity index (χ3v) is 4.25. The Kier molecular flexibility index (Phi) is 3.64. The molecule has 0 radical (unpaired) electrons. The average Bonchev–Trinajstić information content (AvgIpc) is 2.45. The third-order valence-electron chi connectivity index (χ3n) is 3.76. The fraction of sp³-hybridized carbons (Fsp3) is 0.176. The number of aryl methyl sites for hydroxylation is 2. The van der Waals surface area contributed by atoms with Crippen LogP contribution in [0.25, 0.3) is 10.9 Å². The largest absolute Gasteiger partial charge is 0.294 e. The van der Waals surface area contributed by atoms with Crippen LogP contribution < -0.4 is 5.56 Å². The zero-order valence-electron chi connectivity index (χ0n) is 11.9.